The summed E-state index contributed by atoms with van der Waals surface area (Å²) in [6.07, 6.45) is -3.37. The molecule has 0 radical (unpaired) electrons. The Kier molecular flexibility index (Phi) is 2.93. The Morgan fingerprint density at radius 1 is 1.22 bits per heavy atom. The van der Waals surface area contributed by atoms with Crippen molar-refractivity contribution >= 4 is 16.5 Å². The summed E-state index contributed by atoms with van der Waals surface area (Å²) >= 11 is 0.639. The number of fused-ring (bicyclic) bond motifs is 1. The lowest BCUT2D eigenvalue weighted by Gasteiger charge is -2.33. The van der Waals surface area contributed by atoms with Crippen molar-refractivity contribution in [1.82, 2.24) is 15.5 Å². The van der Waals surface area contributed by atoms with Crippen LogP contribution in [0.3, 0.4) is 0 Å². The van der Waals surface area contributed by atoms with Gasteiger partial charge in [0.25, 0.3) is 0 Å². The molecule has 0 spiro atoms. The van der Waals surface area contributed by atoms with Crippen molar-refractivity contribution in [3.8, 4) is 0 Å². The quantitative estimate of drug-likeness (QED) is 0.847. The minimum atomic E-state index is -4.39. The Hall–Kier alpha value is -0.890. The molecule has 0 saturated carbocycles. The molecule has 3 rings (SSSR count). The van der Waals surface area contributed by atoms with Crippen LogP contribution < -0.4 is 10.2 Å². The lowest BCUT2D eigenvalue weighted by atomic mass is 9.89. The molecule has 3 heterocycles. The molecule has 2 aliphatic rings. The molecule has 100 valence electrons. The summed E-state index contributed by atoms with van der Waals surface area (Å²) in [6.45, 7) is 3.54. The normalized spacial score (nSPS) is 28.5. The van der Waals surface area contributed by atoms with Crippen molar-refractivity contribution in [1.29, 1.82) is 0 Å². The third-order valence-corrected chi connectivity index (χ3v) is 4.66. The lowest BCUT2D eigenvalue weighted by molar-refractivity contribution is -0.138. The van der Waals surface area contributed by atoms with E-state index in [1.54, 1.807) is 0 Å². The lowest BCUT2D eigenvalue weighted by Crippen LogP contribution is -2.40. The van der Waals surface area contributed by atoms with Gasteiger partial charge >= 0.3 is 6.18 Å². The molecule has 1 N–H and O–H groups in total. The fourth-order valence-electron chi connectivity index (χ4n) is 2.67. The molecule has 8 heteroatoms. The van der Waals surface area contributed by atoms with Gasteiger partial charge in [-0.3, -0.25) is 0 Å². The monoisotopic (exact) mass is 278 g/mol. The van der Waals surface area contributed by atoms with Crippen LogP contribution in [0.25, 0.3) is 0 Å². The van der Waals surface area contributed by atoms with Crippen LogP contribution in [-0.2, 0) is 6.18 Å². The van der Waals surface area contributed by atoms with Crippen LogP contribution in [0.5, 0.6) is 0 Å². The predicted molar refractivity (Wildman–Crippen MR) is 61.6 cm³/mol. The number of anilines is 1. The van der Waals surface area contributed by atoms with E-state index in [0.717, 1.165) is 32.6 Å². The maximum atomic E-state index is 12.5. The number of rotatable bonds is 1. The average molecular weight is 278 g/mol. The SMILES string of the molecule is FC(F)(F)c1nnc(N2CCC3CNCC3C2)s1. The van der Waals surface area contributed by atoms with Gasteiger partial charge in [-0.2, -0.15) is 13.2 Å². The minimum absolute atomic E-state index is 0.396. The summed E-state index contributed by atoms with van der Waals surface area (Å²) in [5.74, 6) is 1.19. The zero-order valence-corrected chi connectivity index (χ0v) is 10.4. The maximum Gasteiger partial charge on any atom is 0.445 e. The highest BCUT2D eigenvalue weighted by atomic mass is 32.1. The summed E-state index contributed by atoms with van der Waals surface area (Å²) < 4.78 is 37.4. The molecule has 4 nitrogen and oxygen atoms in total. The summed E-state index contributed by atoms with van der Waals surface area (Å²) in [7, 11) is 0. The molecule has 0 bridgehead atoms. The van der Waals surface area contributed by atoms with Crippen LogP contribution in [0, 0.1) is 11.8 Å². The number of piperidine rings is 1. The molecule has 0 amide bonds. The Balaban J connectivity index is 1.73. The molecular weight excluding hydrogens is 265 g/mol. The molecule has 0 aliphatic carbocycles. The summed E-state index contributed by atoms with van der Waals surface area (Å²) in [5.41, 5.74) is 0. The van der Waals surface area contributed by atoms with Gasteiger partial charge in [-0.05, 0) is 31.3 Å². The van der Waals surface area contributed by atoms with E-state index in [2.05, 4.69) is 15.5 Å². The minimum Gasteiger partial charge on any atom is -0.346 e. The highest BCUT2D eigenvalue weighted by Crippen LogP contribution is 2.36. The summed E-state index contributed by atoms with van der Waals surface area (Å²) in [5, 5.41) is 9.77. The molecular formula is C10H13F3N4S. The van der Waals surface area contributed by atoms with E-state index in [1.807, 2.05) is 4.90 Å². The van der Waals surface area contributed by atoms with Crippen LogP contribution in [0.15, 0.2) is 0 Å². The van der Waals surface area contributed by atoms with Gasteiger partial charge in [0.15, 0.2) is 0 Å². The molecule has 0 aromatic carbocycles. The van der Waals surface area contributed by atoms with Crippen molar-refractivity contribution in [2.75, 3.05) is 31.1 Å². The molecule has 1 aromatic heterocycles. The Morgan fingerprint density at radius 3 is 2.72 bits per heavy atom. The Morgan fingerprint density at radius 2 is 2.00 bits per heavy atom. The molecule has 2 saturated heterocycles. The van der Waals surface area contributed by atoms with Crippen LogP contribution >= 0.6 is 11.3 Å². The number of alkyl halides is 3. The second-order valence-electron chi connectivity index (χ2n) is 4.80. The molecule has 2 atom stereocenters. The molecule has 1 aromatic rings. The average Bonchev–Trinajstić information content (AvgIpc) is 2.96. The Labute approximate surface area is 106 Å². The number of nitrogens with one attached hydrogen (secondary N) is 1. The van der Waals surface area contributed by atoms with Gasteiger partial charge in [0.2, 0.25) is 10.1 Å². The van der Waals surface area contributed by atoms with Crippen LogP contribution in [-0.4, -0.2) is 36.4 Å². The van der Waals surface area contributed by atoms with Crippen molar-refractivity contribution < 1.29 is 13.2 Å². The van der Waals surface area contributed by atoms with E-state index in [4.69, 9.17) is 0 Å². The van der Waals surface area contributed by atoms with Crippen LogP contribution in [0.2, 0.25) is 0 Å². The number of aromatic nitrogens is 2. The smallest absolute Gasteiger partial charge is 0.346 e. The zero-order chi connectivity index (χ0) is 12.8. The van der Waals surface area contributed by atoms with Gasteiger partial charge in [-0.1, -0.05) is 11.3 Å². The maximum absolute atomic E-state index is 12.5. The number of hydrogen-bond donors (Lipinski definition) is 1. The van der Waals surface area contributed by atoms with E-state index >= 15 is 0 Å². The first kappa shape index (κ1) is 12.2. The van der Waals surface area contributed by atoms with E-state index in [9.17, 15) is 13.2 Å². The molecule has 2 unspecified atom stereocenters. The summed E-state index contributed by atoms with van der Waals surface area (Å²) in [6, 6.07) is 0. The van der Waals surface area contributed by atoms with Crippen molar-refractivity contribution in [2.45, 2.75) is 12.6 Å². The van der Waals surface area contributed by atoms with Crippen molar-refractivity contribution in [3.05, 3.63) is 5.01 Å². The highest BCUT2D eigenvalue weighted by Gasteiger charge is 2.38. The van der Waals surface area contributed by atoms with Crippen molar-refractivity contribution in [2.24, 2.45) is 11.8 Å². The second kappa shape index (κ2) is 4.34. The highest BCUT2D eigenvalue weighted by molar-refractivity contribution is 7.15. The molecule has 2 fully saturated rings. The van der Waals surface area contributed by atoms with Crippen molar-refractivity contribution in [3.63, 3.8) is 0 Å². The first-order valence-electron chi connectivity index (χ1n) is 5.90. The standard InChI is InChI=1S/C10H13F3N4S/c11-10(12,13)8-15-16-9(18-8)17-2-1-6-3-14-4-7(6)5-17/h6-7,14H,1-5H2. The molecule has 2 aliphatic heterocycles. The first-order valence-corrected chi connectivity index (χ1v) is 6.72. The topological polar surface area (TPSA) is 41.1 Å². The fourth-order valence-corrected chi connectivity index (χ4v) is 3.41. The van der Waals surface area contributed by atoms with Gasteiger partial charge in [0.05, 0.1) is 0 Å². The van der Waals surface area contributed by atoms with E-state index in [-0.39, 0.29) is 0 Å². The van der Waals surface area contributed by atoms with Crippen LogP contribution in [0.1, 0.15) is 11.4 Å². The predicted octanol–water partition coefficient (Wildman–Crippen LogP) is 1.60. The van der Waals surface area contributed by atoms with E-state index < -0.39 is 11.2 Å². The zero-order valence-electron chi connectivity index (χ0n) is 9.57. The van der Waals surface area contributed by atoms with Crippen LogP contribution in [0.4, 0.5) is 18.3 Å². The third-order valence-electron chi connectivity index (χ3n) is 3.63. The van der Waals surface area contributed by atoms with E-state index in [1.165, 1.54) is 0 Å². The van der Waals surface area contributed by atoms with E-state index in [0.29, 0.717) is 28.3 Å². The second-order valence-corrected chi connectivity index (χ2v) is 5.76. The fraction of sp³-hybridized carbons (Fsp3) is 0.800. The third kappa shape index (κ3) is 2.18. The van der Waals surface area contributed by atoms with Gasteiger partial charge in [0.1, 0.15) is 0 Å². The summed E-state index contributed by atoms with van der Waals surface area (Å²) in [4.78, 5) is 1.93. The largest absolute Gasteiger partial charge is 0.445 e. The molecule has 18 heavy (non-hydrogen) atoms. The number of nitrogens with zero attached hydrogens (tertiary/aromatic N) is 3. The Bertz CT molecular complexity index is 433. The first-order chi connectivity index (χ1) is 8.54. The van der Waals surface area contributed by atoms with Gasteiger partial charge in [-0.25, -0.2) is 0 Å². The van der Waals surface area contributed by atoms with Gasteiger partial charge in [-0.15, -0.1) is 10.2 Å². The number of hydrogen-bond acceptors (Lipinski definition) is 5. The van der Waals surface area contributed by atoms with Gasteiger partial charge < -0.3 is 10.2 Å². The van der Waals surface area contributed by atoms with Gasteiger partial charge in [0, 0.05) is 13.1 Å². The number of halogens is 3.